The number of benzene rings is 20. The highest BCUT2D eigenvalue weighted by Gasteiger charge is 2.20. The molecule has 498 valence electrons. The van der Waals surface area contributed by atoms with Gasteiger partial charge in [0, 0.05) is 49.4 Å². The van der Waals surface area contributed by atoms with Gasteiger partial charge in [-0.2, -0.15) is 0 Å². The van der Waals surface area contributed by atoms with E-state index in [1.807, 2.05) is 0 Å². The number of hydrogen-bond acceptors (Lipinski definition) is 0. The number of rotatable bonds is 6. The number of para-hydroxylation sites is 3. The first-order valence-electron chi connectivity index (χ1n) is 36.9. The van der Waals surface area contributed by atoms with Crippen LogP contribution in [0.5, 0.6) is 0 Å². The molecule has 0 fully saturated rings. The van der Waals surface area contributed by atoms with Crippen LogP contribution < -0.4 is 0 Å². The molecule has 3 nitrogen and oxygen atoms in total. The zero-order valence-corrected chi connectivity index (χ0v) is 58.5. The lowest BCUT2D eigenvalue weighted by Gasteiger charge is -2.10. The van der Waals surface area contributed by atoms with Crippen LogP contribution in [-0.2, 0) is 0 Å². The van der Waals surface area contributed by atoms with Gasteiger partial charge in [-0.15, -0.1) is 0 Å². The first kappa shape index (κ1) is 61.5. The molecule has 0 N–H and O–H groups in total. The van der Waals surface area contributed by atoms with E-state index in [4.69, 9.17) is 0 Å². The van der Waals surface area contributed by atoms with E-state index in [1.54, 1.807) is 0 Å². The molecule has 0 aliphatic heterocycles. The fourth-order valence-corrected chi connectivity index (χ4v) is 17.1. The molecular formula is C104H67N3. The van der Waals surface area contributed by atoms with E-state index < -0.39 is 0 Å². The SMILES string of the molecule is c1ccc(-c2ccc3c(ccc4c3c3ccccc3n4-c3ccc4ccccc4c3)c2)cc1.c1ccc2cc(-c3ccc4c(ccc5c4c4ccccc4n5-c4ccc5ccccc5c4)c3)ccc2c1.c1ccc2cc(-c3ccc4ccc5c(c4c3)c3ccccc3n5-c3ccc4ccccc4c3)ccc2c1. The van der Waals surface area contributed by atoms with Crippen molar-refractivity contribution in [1.29, 1.82) is 0 Å². The number of hydrogen-bond donors (Lipinski definition) is 0. The third-order valence-electron chi connectivity index (χ3n) is 22.2. The van der Waals surface area contributed by atoms with Crippen molar-refractivity contribution in [2.75, 3.05) is 0 Å². The van der Waals surface area contributed by atoms with Gasteiger partial charge in [-0.1, -0.05) is 303 Å². The minimum Gasteiger partial charge on any atom is -0.309 e. The number of nitrogens with zero attached hydrogens (tertiary/aromatic N) is 3. The summed E-state index contributed by atoms with van der Waals surface area (Å²) < 4.78 is 7.23. The average Bonchev–Trinajstić information content (AvgIpc) is 1.59. The molecule has 0 aliphatic rings. The van der Waals surface area contributed by atoms with Gasteiger partial charge in [0.1, 0.15) is 0 Å². The van der Waals surface area contributed by atoms with Crippen molar-refractivity contribution >= 4 is 152 Å². The van der Waals surface area contributed by atoms with E-state index in [2.05, 4.69) is 420 Å². The zero-order valence-electron chi connectivity index (χ0n) is 58.5. The molecule has 3 heterocycles. The van der Waals surface area contributed by atoms with Crippen LogP contribution in [0.2, 0.25) is 0 Å². The Morgan fingerprint density at radius 3 is 0.776 bits per heavy atom. The normalized spacial score (nSPS) is 11.7. The summed E-state index contributed by atoms with van der Waals surface area (Å²) in [6, 6.07) is 148. The topological polar surface area (TPSA) is 14.8 Å². The molecule has 0 saturated carbocycles. The van der Waals surface area contributed by atoms with Gasteiger partial charge in [-0.3, -0.25) is 0 Å². The monoisotopic (exact) mass is 1360 g/mol. The predicted octanol–water partition coefficient (Wildman–Crippen LogP) is 28.6. The molecule has 23 aromatic rings. The fraction of sp³-hybridized carbons (Fsp3) is 0. The number of aromatic nitrogens is 3. The fourth-order valence-electron chi connectivity index (χ4n) is 17.1. The Hall–Kier alpha value is -14.1. The van der Waals surface area contributed by atoms with Crippen LogP contribution in [0.4, 0.5) is 0 Å². The van der Waals surface area contributed by atoms with Gasteiger partial charge < -0.3 is 13.7 Å². The van der Waals surface area contributed by atoms with Gasteiger partial charge in [-0.25, -0.2) is 0 Å². The van der Waals surface area contributed by atoms with Crippen molar-refractivity contribution in [3.63, 3.8) is 0 Å². The zero-order chi connectivity index (χ0) is 70.5. The van der Waals surface area contributed by atoms with Gasteiger partial charge in [0.2, 0.25) is 0 Å². The molecule has 0 spiro atoms. The minimum absolute atomic E-state index is 1.19. The predicted molar refractivity (Wildman–Crippen MR) is 459 cm³/mol. The summed E-state index contributed by atoms with van der Waals surface area (Å²) in [6.45, 7) is 0. The summed E-state index contributed by atoms with van der Waals surface area (Å²) >= 11 is 0. The Morgan fingerprint density at radius 2 is 0.383 bits per heavy atom. The van der Waals surface area contributed by atoms with Crippen LogP contribution in [-0.4, -0.2) is 13.7 Å². The average molecular weight is 1360 g/mol. The van der Waals surface area contributed by atoms with Gasteiger partial charge in [-0.05, 0) is 223 Å². The smallest absolute Gasteiger partial charge is 0.0547 e. The lowest BCUT2D eigenvalue weighted by molar-refractivity contribution is 1.19. The first-order chi connectivity index (χ1) is 53.0. The highest BCUT2D eigenvalue weighted by Crippen LogP contribution is 2.43. The molecule has 0 aliphatic carbocycles. The summed E-state index contributed by atoms with van der Waals surface area (Å²) in [5.74, 6) is 0. The number of fused-ring (bicyclic) bond motifs is 20. The Kier molecular flexibility index (Phi) is 14.6. The summed E-state index contributed by atoms with van der Waals surface area (Å²) in [5.41, 5.74) is 18.5. The second-order valence-corrected chi connectivity index (χ2v) is 28.3. The Labute approximate surface area is 618 Å². The van der Waals surface area contributed by atoms with Gasteiger partial charge in [0.25, 0.3) is 0 Å². The highest BCUT2D eigenvalue weighted by molar-refractivity contribution is 6.25. The van der Waals surface area contributed by atoms with Crippen LogP contribution >= 0.6 is 0 Å². The Morgan fingerprint density at radius 1 is 0.121 bits per heavy atom. The third kappa shape index (κ3) is 10.6. The van der Waals surface area contributed by atoms with Crippen LogP contribution in [0, 0.1) is 0 Å². The van der Waals surface area contributed by atoms with E-state index in [1.165, 1.54) is 202 Å². The van der Waals surface area contributed by atoms with E-state index in [0.29, 0.717) is 0 Å². The molecule has 20 aromatic carbocycles. The maximum atomic E-state index is 2.42. The van der Waals surface area contributed by atoms with E-state index in [0.717, 1.165) is 0 Å². The van der Waals surface area contributed by atoms with E-state index >= 15 is 0 Å². The molecule has 0 bridgehead atoms. The van der Waals surface area contributed by atoms with Crippen molar-refractivity contribution < 1.29 is 0 Å². The highest BCUT2D eigenvalue weighted by atomic mass is 15.0. The Balaban J connectivity index is 0.000000103. The standard InChI is InChI=1S/2C36H23N.C32H21N/c1-3-9-27-21-29(15-13-24(27)7-1)30-16-14-26-18-20-35-36(33(26)23-30)32-11-5-6-12-34(32)37(35)31-19-17-25-8-2-4-10-28(25)22-31;1-3-9-26-21-28(14-13-24(26)7-1)29-16-19-32-30(22-29)17-20-35-36(32)33-11-5-6-12-34(33)37(35)31-18-15-25-8-2-4-10-27(25)23-31;1-2-8-22(9-3-1)25-15-18-28-26(20-25)16-19-31-32(28)29-12-6-7-13-30(29)33(31)27-17-14-23-10-4-5-11-24(23)21-27/h2*1-23H;1-21H. The van der Waals surface area contributed by atoms with Crippen LogP contribution in [0.25, 0.3) is 202 Å². The molecule has 0 unspecified atom stereocenters. The molecule has 23 rings (SSSR count). The molecule has 0 saturated heterocycles. The van der Waals surface area contributed by atoms with Crippen molar-refractivity contribution in [1.82, 2.24) is 13.7 Å². The second-order valence-electron chi connectivity index (χ2n) is 28.3. The third-order valence-corrected chi connectivity index (χ3v) is 22.2. The van der Waals surface area contributed by atoms with Crippen LogP contribution in [0.3, 0.4) is 0 Å². The molecular weight excluding hydrogens is 1290 g/mol. The van der Waals surface area contributed by atoms with Gasteiger partial charge in [0.15, 0.2) is 0 Å². The summed E-state index contributed by atoms with van der Waals surface area (Å²) in [6.07, 6.45) is 0. The summed E-state index contributed by atoms with van der Waals surface area (Å²) in [4.78, 5) is 0. The maximum absolute atomic E-state index is 2.42. The summed E-state index contributed by atoms with van der Waals surface area (Å²) in [7, 11) is 0. The molecule has 3 aromatic heterocycles. The lowest BCUT2D eigenvalue weighted by atomic mass is 9.96. The molecule has 107 heavy (non-hydrogen) atoms. The maximum Gasteiger partial charge on any atom is 0.0547 e. The first-order valence-corrected chi connectivity index (χ1v) is 36.9. The van der Waals surface area contributed by atoms with Crippen molar-refractivity contribution in [2.24, 2.45) is 0 Å². The lowest BCUT2D eigenvalue weighted by Crippen LogP contribution is -1.93. The van der Waals surface area contributed by atoms with Crippen LogP contribution in [0.15, 0.2) is 406 Å². The van der Waals surface area contributed by atoms with Crippen molar-refractivity contribution in [2.45, 2.75) is 0 Å². The Bertz CT molecular complexity index is 7510. The molecule has 0 radical (unpaired) electrons. The van der Waals surface area contributed by atoms with E-state index in [-0.39, 0.29) is 0 Å². The van der Waals surface area contributed by atoms with Gasteiger partial charge >= 0.3 is 0 Å². The molecule has 0 atom stereocenters. The van der Waals surface area contributed by atoms with Crippen molar-refractivity contribution in [3.8, 4) is 50.4 Å². The minimum atomic E-state index is 1.19. The van der Waals surface area contributed by atoms with Gasteiger partial charge in [0.05, 0.1) is 33.1 Å². The second kappa shape index (κ2) is 25.4. The summed E-state index contributed by atoms with van der Waals surface area (Å²) in [5, 5.41) is 28.1. The quantitative estimate of drug-likeness (QED) is 0.158. The van der Waals surface area contributed by atoms with Crippen molar-refractivity contribution in [3.05, 3.63) is 406 Å². The van der Waals surface area contributed by atoms with Crippen LogP contribution in [0.1, 0.15) is 0 Å². The largest absolute Gasteiger partial charge is 0.309 e. The molecule has 3 heteroatoms. The molecule has 0 amide bonds. The van der Waals surface area contributed by atoms with E-state index in [9.17, 15) is 0 Å².